The number of hydrogen-bond donors (Lipinski definition) is 1. The number of fused-ring (bicyclic) bond motifs is 2. The van der Waals surface area contributed by atoms with E-state index in [2.05, 4.69) is 41.6 Å². The number of nitrogens with zero attached hydrogens (tertiary/aromatic N) is 2. The van der Waals surface area contributed by atoms with Crippen molar-refractivity contribution in [1.82, 2.24) is 9.47 Å². The summed E-state index contributed by atoms with van der Waals surface area (Å²) in [6, 6.07) is 11.5. The number of likely N-dealkylation sites (tertiary alicyclic amines) is 1. The second-order valence-corrected chi connectivity index (χ2v) is 8.75. The first kappa shape index (κ1) is 19.9. The summed E-state index contributed by atoms with van der Waals surface area (Å²) in [6.45, 7) is 7.80. The molecule has 31 heavy (non-hydrogen) atoms. The van der Waals surface area contributed by atoms with E-state index >= 15 is 0 Å². The van der Waals surface area contributed by atoms with Gasteiger partial charge in [0.15, 0.2) is 5.76 Å². The maximum absolute atomic E-state index is 13.1. The van der Waals surface area contributed by atoms with Crippen molar-refractivity contribution in [3.63, 3.8) is 0 Å². The van der Waals surface area contributed by atoms with Crippen molar-refractivity contribution >= 4 is 22.8 Å². The zero-order valence-electron chi connectivity index (χ0n) is 18.1. The van der Waals surface area contributed by atoms with Crippen LogP contribution in [0.4, 0.5) is 0 Å². The lowest BCUT2D eigenvalue weighted by molar-refractivity contribution is 0.101. The summed E-state index contributed by atoms with van der Waals surface area (Å²) >= 11 is 0. The molecule has 0 radical (unpaired) electrons. The molecule has 2 aliphatic rings. The summed E-state index contributed by atoms with van der Waals surface area (Å²) in [4.78, 5) is 15.5. The predicted octanol–water partition coefficient (Wildman–Crippen LogP) is 5.21. The predicted molar refractivity (Wildman–Crippen MR) is 122 cm³/mol. The number of allylic oxidation sites excluding steroid dienone is 1. The molecule has 0 spiro atoms. The Bertz CT molecular complexity index is 1190. The van der Waals surface area contributed by atoms with E-state index < -0.39 is 0 Å². The summed E-state index contributed by atoms with van der Waals surface area (Å²) < 4.78 is 8.28. The molecular weight excluding hydrogens is 388 g/mol. The minimum absolute atomic E-state index is 0.128. The van der Waals surface area contributed by atoms with Crippen LogP contribution < -0.4 is 4.74 Å². The Morgan fingerprint density at radius 2 is 2.06 bits per heavy atom. The van der Waals surface area contributed by atoms with Crippen LogP contribution >= 0.6 is 0 Å². The molecular formula is C26H28N2O3. The van der Waals surface area contributed by atoms with Crippen molar-refractivity contribution in [2.75, 3.05) is 13.1 Å². The van der Waals surface area contributed by atoms with Crippen molar-refractivity contribution in [3.05, 3.63) is 65.0 Å². The third-order valence-corrected chi connectivity index (χ3v) is 6.49. The molecule has 1 saturated heterocycles. The molecule has 5 nitrogen and oxygen atoms in total. The molecule has 0 saturated carbocycles. The van der Waals surface area contributed by atoms with Gasteiger partial charge in [0.05, 0.1) is 11.1 Å². The van der Waals surface area contributed by atoms with Gasteiger partial charge < -0.3 is 14.4 Å². The molecule has 0 unspecified atom stereocenters. The number of benzene rings is 2. The number of rotatable bonds is 4. The van der Waals surface area contributed by atoms with Crippen LogP contribution in [0.5, 0.6) is 11.5 Å². The molecule has 2 aromatic carbocycles. The van der Waals surface area contributed by atoms with Gasteiger partial charge in [-0.3, -0.25) is 9.69 Å². The van der Waals surface area contributed by atoms with Gasteiger partial charge in [0.2, 0.25) is 5.78 Å². The van der Waals surface area contributed by atoms with Crippen LogP contribution in [0.2, 0.25) is 0 Å². The molecule has 1 N–H and O–H groups in total. The van der Waals surface area contributed by atoms with Crippen LogP contribution in [0.25, 0.3) is 17.0 Å². The lowest BCUT2D eigenvalue weighted by Crippen LogP contribution is -2.33. The van der Waals surface area contributed by atoms with E-state index in [-0.39, 0.29) is 11.5 Å². The monoisotopic (exact) mass is 416 g/mol. The van der Waals surface area contributed by atoms with Crippen molar-refractivity contribution in [1.29, 1.82) is 0 Å². The fourth-order valence-corrected chi connectivity index (χ4v) is 4.90. The number of hydrogen-bond acceptors (Lipinski definition) is 4. The van der Waals surface area contributed by atoms with Crippen molar-refractivity contribution < 1.29 is 14.6 Å². The third kappa shape index (κ3) is 3.53. The third-order valence-electron chi connectivity index (χ3n) is 6.49. The maximum atomic E-state index is 13.1. The number of aromatic hydroxyl groups is 1. The molecule has 1 aromatic heterocycles. The van der Waals surface area contributed by atoms with E-state index in [1.807, 2.05) is 18.2 Å². The Morgan fingerprint density at radius 3 is 2.87 bits per heavy atom. The van der Waals surface area contributed by atoms with Crippen molar-refractivity contribution in [2.24, 2.45) is 5.92 Å². The first-order valence-electron chi connectivity index (χ1n) is 11.1. The van der Waals surface area contributed by atoms with Crippen LogP contribution in [0.3, 0.4) is 0 Å². The Morgan fingerprint density at radius 1 is 1.23 bits per heavy atom. The van der Waals surface area contributed by atoms with Gasteiger partial charge in [0.1, 0.15) is 11.5 Å². The van der Waals surface area contributed by atoms with E-state index in [1.165, 1.54) is 6.42 Å². The molecule has 0 aliphatic carbocycles. The minimum atomic E-state index is -0.128. The number of phenolic OH excluding ortho intramolecular Hbond substituents is 1. The summed E-state index contributed by atoms with van der Waals surface area (Å²) in [5, 5.41) is 11.7. The number of para-hydroxylation sites is 1. The van der Waals surface area contributed by atoms with E-state index in [0.29, 0.717) is 35.1 Å². The first-order chi connectivity index (χ1) is 15.0. The van der Waals surface area contributed by atoms with Crippen LogP contribution in [0.1, 0.15) is 48.2 Å². The molecule has 5 heteroatoms. The Hall–Kier alpha value is -3.05. The molecule has 0 amide bonds. The topological polar surface area (TPSA) is 54.7 Å². The molecule has 3 heterocycles. The molecule has 2 aliphatic heterocycles. The lowest BCUT2D eigenvalue weighted by Gasteiger charge is -2.31. The zero-order valence-corrected chi connectivity index (χ0v) is 18.1. The van der Waals surface area contributed by atoms with Gasteiger partial charge in [0, 0.05) is 42.3 Å². The SMILES string of the molecule is CCn1cc(/C=C2\Oc3c(ccc(O)c3CN3CCC[C@H](C)C3)C2=O)c2ccccc21. The molecule has 5 rings (SSSR count). The number of phenols is 1. The maximum Gasteiger partial charge on any atom is 0.231 e. The number of aromatic nitrogens is 1. The molecule has 160 valence electrons. The van der Waals surface area contributed by atoms with E-state index in [1.54, 1.807) is 12.1 Å². The van der Waals surface area contributed by atoms with Crippen LogP contribution in [-0.4, -0.2) is 33.4 Å². The first-order valence-corrected chi connectivity index (χ1v) is 11.1. The highest BCUT2D eigenvalue weighted by molar-refractivity contribution is 6.15. The number of Topliss-reactive ketones (excluding diaryl/α,β-unsaturated/α-hetero) is 1. The van der Waals surface area contributed by atoms with Crippen molar-refractivity contribution in [2.45, 2.75) is 39.8 Å². The highest BCUT2D eigenvalue weighted by Crippen LogP contribution is 2.41. The standard InChI is InChI=1S/C26H28N2O3/c1-3-28-15-18(19-8-4-5-9-22(19)28)13-24-25(30)20-10-11-23(29)21(26(20)31-24)16-27-12-6-7-17(2)14-27/h4-5,8-11,13,15,17,29H,3,6-7,12,14,16H2,1-2H3/b24-13-/t17-/m0/s1. The van der Waals surface area contributed by atoms with Gasteiger partial charge in [-0.2, -0.15) is 0 Å². The van der Waals surface area contributed by atoms with E-state index in [9.17, 15) is 9.90 Å². The number of ketones is 1. The van der Waals surface area contributed by atoms with Gasteiger partial charge in [-0.25, -0.2) is 0 Å². The average Bonchev–Trinajstić information content (AvgIpc) is 3.28. The second kappa shape index (κ2) is 7.89. The molecule has 1 fully saturated rings. The van der Waals surface area contributed by atoms with Gasteiger partial charge in [0.25, 0.3) is 0 Å². The van der Waals surface area contributed by atoms with Crippen LogP contribution in [0, 0.1) is 5.92 Å². The van der Waals surface area contributed by atoms with E-state index in [4.69, 9.17) is 4.74 Å². The summed E-state index contributed by atoms with van der Waals surface area (Å²) in [5.74, 6) is 1.52. The fraction of sp³-hybridized carbons (Fsp3) is 0.346. The number of aryl methyl sites for hydroxylation is 1. The Kier molecular flexibility index (Phi) is 5.06. The largest absolute Gasteiger partial charge is 0.507 e. The van der Waals surface area contributed by atoms with Gasteiger partial charge in [-0.1, -0.05) is 25.1 Å². The normalized spacial score (nSPS) is 20.4. The molecule has 3 aromatic rings. The highest BCUT2D eigenvalue weighted by atomic mass is 16.5. The minimum Gasteiger partial charge on any atom is -0.507 e. The van der Waals surface area contributed by atoms with Crippen LogP contribution in [-0.2, 0) is 13.1 Å². The van der Waals surface area contributed by atoms with Gasteiger partial charge in [-0.15, -0.1) is 0 Å². The summed E-state index contributed by atoms with van der Waals surface area (Å²) in [5.41, 5.74) is 3.34. The second-order valence-electron chi connectivity index (χ2n) is 8.75. The van der Waals surface area contributed by atoms with E-state index in [0.717, 1.165) is 42.5 Å². The van der Waals surface area contributed by atoms with Crippen LogP contribution in [0.15, 0.2) is 48.4 Å². The molecule has 0 bridgehead atoms. The number of carbonyl (C=O) groups excluding carboxylic acids is 1. The Balaban J connectivity index is 1.50. The summed E-state index contributed by atoms with van der Waals surface area (Å²) in [7, 11) is 0. The number of piperidine rings is 1. The summed E-state index contributed by atoms with van der Waals surface area (Å²) in [6.07, 6.45) is 6.29. The number of ether oxygens (including phenoxy) is 1. The average molecular weight is 417 g/mol. The highest BCUT2D eigenvalue weighted by Gasteiger charge is 2.32. The lowest BCUT2D eigenvalue weighted by atomic mass is 9.99. The van der Waals surface area contributed by atoms with Crippen molar-refractivity contribution in [3.8, 4) is 11.5 Å². The van der Waals surface area contributed by atoms with Gasteiger partial charge in [-0.05, 0) is 56.5 Å². The Labute approximate surface area is 182 Å². The number of carbonyl (C=O) groups is 1. The molecule has 1 atom stereocenters. The quantitative estimate of drug-likeness (QED) is 0.593. The fourth-order valence-electron chi connectivity index (χ4n) is 4.90. The van der Waals surface area contributed by atoms with Gasteiger partial charge >= 0.3 is 0 Å². The zero-order chi connectivity index (χ0) is 21.5. The smallest absolute Gasteiger partial charge is 0.231 e.